The Morgan fingerprint density at radius 3 is 2.25 bits per heavy atom. The maximum absolute atomic E-state index is 13.5. The van der Waals surface area contributed by atoms with Gasteiger partial charge in [-0.2, -0.15) is 12.6 Å². The molecule has 0 unspecified atom stereocenters. The van der Waals surface area contributed by atoms with Crippen molar-refractivity contribution in [1.82, 2.24) is 15.1 Å². The van der Waals surface area contributed by atoms with E-state index in [1.807, 2.05) is 60.7 Å². The number of likely N-dealkylation sites (tertiary alicyclic amines) is 1. The summed E-state index contributed by atoms with van der Waals surface area (Å²) in [6.45, 7) is 0.825. The Hall–Kier alpha value is -2.84. The number of carbonyl (C=O) groups is 3. The monoisotopic (exact) mass is 452 g/mol. The van der Waals surface area contributed by atoms with Crippen LogP contribution in [0.1, 0.15) is 24.0 Å². The number of hydrogen-bond acceptors (Lipinski definition) is 5. The van der Waals surface area contributed by atoms with Gasteiger partial charge in [0.1, 0.15) is 6.04 Å². The summed E-state index contributed by atoms with van der Waals surface area (Å²) in [6, 6.07) is 17.6. The van der Waals surface area contributed by atoms with Crippen LogP contribution in [0, 0.1) is 0 Å². The number of thiol groups is 1. The predicted octanol–water partition coefficient (Wildman–Crippen LogP) is 1.92. The van der Waals surface area contributed by atoms with Crippen molar-refractivity contribution in [2.75, 3.05) is 18.8 Å². The van der Waals surface area contributed by atoms with Crippen molar-refractivity contribution in [1.29, 1.82) is 0 Å². The molecular formula is C24H28N4O3S. The lowest BCUT2D eigenvalue weighted by Crippen LogP contribution is -2.58. The molecule has 0 saturated carbocycles. The molecule has 2 aromatic carbocycles. The van der Waals surface area contributed by atoms with Crippen molar-refractivity contribution in [3.05, 3.63) is 71.8 Å². The van der Waals surface area contributed by atoms with E-state index in [0.29, 0.717) is 32.4 Å². The fourth-order valence-corrected chi connectivity index (χ4v) is 4.88. The minimum atomic E-state index is -0.810. The molecule has 0 aromatic heterocycles. The zero-order valence-electron chi connectivity index (χ0n) is 17.8. The topological polar surface area (TPSA) is 95.7 Å². The lowest BCUT2D eigenvalue weighted by molar-refractivity contribution is -0.138. The van der Waals surface area contributed by atoms with E-state index < -0.39 is 17.6 Å². The highest BCUT2D eigenvalue weighted by Gasteiger charge is 2.52. The first-order valence-corrected chi connectivity index (χ1v) is 11.5. The zero-order chi connectivity index (χ0) is 22.7. The molecule has 32 heavy (non-hydrogen) atoms. The van der Waals surface area contributed by atoms with Gasteiger partial charge in [0.2, 0.25) is 5.91 Å². The molecule has 2 atom stereocenters. The van der Waals surface area contributed by atoms with Gasteiger partial charge in [-0.1, -0.05) is 60.7 Å². The number of urea groups is 1. The van der Waals surface area contributed by atoms with Crippen molar-refractivity contribution in [2.24, 2.45) is 5.73 Å². The molecule has 3 N–H and O–H groups in total. The van der Waals surface area contributed by atoms with Crippen LogP contribution >= 0.6 is 12.6 Å². The van der Waals surface area contributed by atoms with Gasteiger partial charge in [0.05, 0.1) is 11.6 Å². The van der Waals surface area contributed by atoms with Gasteiger partial charge in [0.25, 0.3) is 5.91 Å². The van der Waals surface area contributed by atoms with Gasteiger partial charge in [0.15, 0.2) is 0 Å². The van der Waals surface area contributed by atoms with E-state index in [2.05, 4.69) is 17.9 Å². The van der Waals surface area contributed by atoms with Crippen LogP contribution in [0.4, 0.5) is 4.79 Å². The Morgan fingerprint density at radius 2 is 1.66 bits per heavy atom. The van der Waals surface area contributed by atoms with E-state index in [0.717, 1.165) is 11.1 Å². The fourth-order valence-electron chi connectivity index (χ4n) is 4.72. The van der Waals surface area contributed by atoms with Crippen LogP contribution in [0.25, 0.3) is 0 Å². The van der Waals surface area contributed by atoms with Crippen LogP contribution in [-0.4, -0.2) is 58.6 Å². The van der Waals surface area contributed by atoms with Crippen LogP contribution in [0.2, 0.25) is 0 Å². The van der Waals surface area contributed by atoms with E-state index in [-0.39, 0.29) is 23.6 Å². The molecule has 2 aliphatic heterocycles. The van der Waals surface area contributed by atoms with Crippen molar-refractivity contribution < 1.29 is 14.4 Å². The number of nitrogens with two attached hydrogens (primary N) is 1. The maximum atomic E-state index is 13.5. The Morgan fingerprint density at radius 1 is 1.06 bits per heavy atom. The summed E-state index contributed by atoms with van der Waals surface area (Å²) in [7, 11) is 0. The normalized spacial score (nSPS) is 21.4. The molecule has 4 rings (SSSR count). The number of carbonyl (C=O) groups excluding carboxylic acids is 3. The third-order valence-corrected chi connectivity index (χ3v) is 6.85. The van der Waals surface area contributed by atoms with E-state index in [9.17, 15) is 14.4 Å². The quantitative estimate of drug-likeness (QED) is 0.461. The van der Waals surface area contributed by atoms with Gasteiger partial charge in [-0.25, -0.2) is 4.79 Å². The Balaban J connectivity index is 1.61. The molecule has 168 valence electrons. The van der Waals surface area contributed by atoms with Crippen LogP contribution in [0.3, 0.4) is 0 Å². The highest BCUT2D eigenvalue weighted by Crippen LogP contribution is 2.41. The minimum Gasteiger partial charge on any atom is -0.341 e. The lowest BCUT2D eigenvalue weighted by Gasteiger charge is -2.46. The highest BCUT2D eigenvalue weighted by molar-refractivity contribution is 7.80. The van der Waals surface area contributed by atoms with Crippen molar-refractivity contribution in [2.45, 2.75) is 36.9 Å². The van der Waals surface area contributed by atoms with Gasteiger partial charge in [-0.05, 0) is 24.0 Å². The number of nitrogens with zero attached hydrogens (tertiary/aromatic N) is 2. The molecule has 2 aliphatic rings. The Kier molecular flexibility index (Phi) is 6.53. The van der Waals surface area contributed by atoms with Gasteiger partial charge in [-0.3, -0.25) is 14.5 Å². The largest absolute Gasteiger partial charge is 0.341 e. The van der Waals surface area contributed by atoms with Crippen molar-refractivity contribution in [3.63, 3.8) is 0 Å². The Bertz CT molecular complexity index is 977. The van der Waals surface area contributed by atoms with Crippen LogP contribution in [0.15, 0.2) is 60.7 Å². The van der Waals surface area contributed by atoms with Crippen LogP contribution in [0.5, 0.6) is 0 Å². The van der Waals surface area contributed by atoms with Gasteiger partial charge < -0.3 is 16.0 Å². The fraction of sp³-hybridized carbons (Fsp3) is 0.375. The second kappa shape index (κ2) is 9.34. The molecule has 2 heterocycles. The average molecular weight is 453 g/mol. The van der Waals surface area contributed by atoms with Crippen molar-refractivity contribution >= 4 is 30.5 Å². The van der Waals surface area contributed by atoms with E-state index in [1.54, 1.807) is 4.90 Å². The number of hydrogen-bond donors (Lipinski definition) is 3. The third kappa shape index (κ3) is 4.12. The standard InChI is InChI=1S/C24H28N4O3S/c25-19(16-32)21(29)27-13-11-24(12-14-27,18-9-5-2-6-10-18)28-22(30)20(26-23(28)31)15-17-7-3-1-4-8-17/h1-10,19-20,32H,11-16,25H2,(H,26,31)/t19-,20-/m0/s1. The molecule has 0 spiro atoms. The zero-order valence-corrected chi connectivity index (χ0v) is 18.7. The first-order valence-electron chi connectivity index (χ1n) is 10.9. The summed E-state index contributed by atoms with van der Waals surface area (Å²) in [5, 5.41) is 2.88. The molecule has 2 fully saturated rings. The molecule has 8 heteroatoms. The number of amides is 4. The van der Waals surface area contributed by atoms with Crippen LogP contribution < -0.4 is 11.1 Å². The summed E-state index contributed by atoms with van der Waals surface area (Å²) < 4.78 is 0. The van der Waals surface area contributed by atoms with Gasteiger partial charge >= 0.3 is 6.03 Å². The smallest absolute Gasteiger partial charge is 0.325 e. The third-order valence-electron chi connectivity index (χ3n) is 6.46. The number of imide groups is 1. The van der Waals surface area contributed by atoms with E-state index >= 15 is 0 Å². The summed E-state index contributed by atoms with van der Waals surface area (Å²) in [5.74, 6) is -0.108. The van der Waals surface area contributed by atoms with E-state index in [4.69, 9.17) is 5.73 Å². The maximum Gasteiger partial charge on any atom is 0.325 e. The summed E-state index contributed by atoms with van der Waals surface area (Å²) >= 11 is 4.13. The minimum absolute atomic E-state index is 0.152. The molecule has 2 aromatic rings. The van der Waals surface area contributed by atoms with Crippen LogP contribution in [-0.2, 0) is 21.5 Å². The number of rotatable bonds is 6. The SMILES string of the molecule is N[C@@H](CS)C(=O)N1CCC(c2ccccc2)(N2C(=O)N[C@@H](Cc3ccccc3)C2=O)CC1. The number of nitrogens with one attached hydrogen (secondary N) is 1. The second-order valence-corrected chi connectivity index (χ2v) is 8.74. The number of piperidine rings is 1. The average Bonchev–Trinajstić information content (AvgIpc) is 3.12. The van der Waals surface area contributed by atoms with Crippen molar-refractivity contribution in [3.8, 4) is 0 Å². The highest BCUT2D eigenvalue weighted by atomic mass is 32.1. The predicted molar refractivity (Wildman–Crippen MR) is 125 cm³/mol. The molecule has 2 saturated heterocycles. The number of benzene rings is 2. The molecule has 0 aliphatic carbocycles. The second-order valence-electron chi connectivity index (χ2n) is 8.38. The summed E-state index contributed by atoms with van der Waals surface area (Å²) in [4.78, 5) is 42.3. The van der Waals surface area contributed by atoms with E-state index in [1.165, 1.54) is 4.90 Å². The molecule has 0 bridgehead atoms. The molecular weight excluding hydrogens is 424 g/mol. The molecule has 7 nitrogen and oxygen atoms in total. The lowest BCUT2D eigenvalue weighted by atomic mass is 9.79. The summed E-state index contributed by atoms with van der Waals surface area (Å²) in [6.07, 6.45) is 1.35. The van der Waals surface area contributed by atoms with Gasteiger partial charge in [-0.15, -0.1) is 0 Å². The first kappa shape index (κ1) is 22.4. The molecule has 0 radical (unpaired) electrons. The van der Waals surface area contributed by atoms with Gasteiger partial charge in [0, 0.05) is 25.3 Å². The summed E-state index contributed by atoms with van der Waals surface area (Å²) in [5.41, 5.74) is 6.96. The molecule has 4 amide bonds. The first-order chi connectivity index (χ1) is 15.5. The Labute approximate surface area is 193 Å².